The molecule has 0 heterocycles. The maximum Gasteiger partial charge on any atom is 0.131 e. The molecule has 0 spiro atoms. The van der Waals surface area contributed by atoms with Crippen molar-refractivity contribution >= 4 is 0 Å². The second kappa shape index (κ2) is 7.09. The molecule has 3 nitrogen and oxygen atoms in total. The molecule has 0 saturated carbocycles. The molecule has 0 radical (unpaired) electrons. The van der Waals surface area contributed by atoms with Crippen LogP contribution in [-0.2, 0) is 6.54 Å². The first-order chi connectivity index (χ1) is 10.1. The number of rotatable bonds is 6. The predicted octanol–water partition coefficient (Wildman–Crippen LogP) is 3.78. The minimum absolute atomic E-state index is 0.0622. The van der Waals surface area contributed by atoms with Crippen molar-refractivity contribution in [3.63, 3.8) is 0 Å². The third-order valence-electron chi connectivity index (χ3n) is 3.27. The van der Waals surface area contributed by atoms with Crippen LogP contribution < -0.4 is 10.1 Å². The summed E-state index contributed by atoms with van der Waals surface area (Å²) in [4.78, 5) is 0. The molecule has 4 heteroatoms. The lowest BCUT2D eigenvalue weighted by molar-refractivity contribution is 0.339. The lowest BCUT2D eigenvalue weighted by Gasteiger charge is -2.15. The van der Waals surface area contributed by atoms with Gasteiger partial charge in [-0.1, -0.05) is 18.2 Å². The van der Waals surface area contributed by atoms with Gasteiger partial charge in [0.2, 0.25) is 0 Å². The van der Waals surface area contributed by atoms with Crippen molar-refractivity contribution in [3.8, 4) is 11.5 Å². The van der Waals surface area contributed by atoms with Crippen molar-refractivity contribution in [2.24, 2.45) is 0 Å². The van der Waals surface area contributed by atoms with Crippen LogP contribution in [0, 0.1) is 5.82 Å². The van der Waals surface area contributed by atoms with Gasteiger partial charge in [-0.15, -0.1) is 0 Å². The number of benzene rings is 2. The monoisotopic (exact) mass is 289 g/mol. The highest BCUT2D eigenvalue weighted by molar-refractivity contribution is 5.31. The van der Waals surface area contributed by atoms with E-state index in [1.807, 2.05) is 38.1 Å². The van der Waals surface area contributed by atoms with E-state index in [4.69, 9.17) is 4.74 Å². The molecular formula is C17H20FNO2. The maximum absolute atomic E-state index is 13.8. The van der Waals surface area contributed by atoms with Crippen molar-refractivity contribution in [2.75, 3.05) is 6.61 Å². The molecule has 2 aromatic carbocycles. The fourth-order valence-corrected chi connectivity index (χ4v) is 2.16. The summed E-state index contributed by atoms with van der Waals surface area (Å²) in [5, 5.41) is 12.5. The first kappa shape index (κ1) is 15.3. The minimum Gasteiger partial charge on any atom is -0.508 e. The SMILES string of the molecule is CCOc1cccc(CNC(C)c2ccc(O)cc2F)c1. The van der Waals surface area contributed by atoms with Gasteiger partial charge in [-0.2, -0.15) is 0 Å². The third-order valence-corrected chi connectivity index (χ3v) is 3.27. The predicted molar refractivity (Wildman–Crippen MR) is 80.9 cm³/mol. The Morgan fingerprint density at radius 3 is 2.76 bits per heavy atom. The van der Waals surface area contributed by atoms with Crippen LogP contribution in [0.4, 0.5) is 4.39 Å². The molecule has 0 aliphatic heterocycles. The van der Waals surface area contributed by atoms with Crippen LogP contribution in [0.5, 0.6) is 11.5 Å². The average Bonchev–Trinajstić information content (AvgIpc) is 2.45. The van der Waals surface area contributed by atoms with Crippen LogP contribution in [0.3, 0.4) is 0 Å². The largest absolute Gasteiger partial charge is 0.508 e. The summed E-state index contributed by atoms with van der Waals surface area (Å²) >= 11 is 0. The van der Waals surface area contributed by atoms with E-state index in [2.05, 4.69) is 5.32 Å². The highest BCUT2D eigenvalue weighted by Crippen LogP contribution is 2.21. The van der Waals surface area contributed by atoms with Gasteiger partial charge < -0.3 is 15.2 Å². The quantitative estimate of drug-likeness (QED) is 0.850. The molecule has 2 N–H and O–H groups in total. The Bertz CT molecular complexity index is 601. The summed E-state index contributed by atoms with van der Waals surface area (Å²) in [6, 6.07) is 11.9. The number of aromatic hydroxyl groups is 1. The van der Waals surface area contributed by atoms with Gasteiger partial charge >= 0.3 is 0 Å². The van der Waals surface area contributed by atoms with Crippen LogP contribution in [0.1, 0.15) is 31.0 Å². The highest BCUT2D eigenvalue weighted by Gasteiger charge is 2.11. The number of halogens is 1. The molecule has 0 saturated heterocycles. The van der Waals surface area contributed by atoms with E-state index >= 15 is 0 Å². The molecule has 0 amide bonds. The molecule has 0 aliphatic carbocycles. The van der Waals surface area contributed by atoms with Crippen LogP contribution in [0.2, 0.25) is 0 Å². The van der Waals surface area contributed by atoms with Crippen LogP contribution in [0.15, 0.2) is 42.5 Å². The van der Waals surface area contributed by atoms with Crippen molar-refractivity contribution in [3.05, 3.63) is 59.4 Å². The van der Waals surface area contributed by atoms with Gasteiger partial charge in [-0.25, -0.2) is 4.39 Å². The van der Waals surface area contributed by atoms with E-state index in [1.54, 1.807) is 6.07 Å². The average molecular weight is 289 g/mol. The van der Waals surface area contributed by atoms with Gasteiger partial charge in [-0.3, -0.25) is 0 Å². The van der Waals surface area contributed by atoms with Crippen molar-refractivity contribution in [1.29, 1.82) is 0 Å². The van der Waals surface area contributed by atoms with E-state index in [0.717, 1.165) is 17.4 Å². The number of phenols is 1. The fourth-order valence-electron chi connectivity index (χ4n) is 2.16. The Morgan fingerprint density at radius 2 is 2.05 bits per heavy atom. The minimum atomic E-state index is -0.405. The molecule has 2 rings (SSSR count). The second-order valence-electron chi connectivity index (χ2n) is 4.89. The van der Waals surface area contributed by atoms with Crippen molar-refractivity contribution < 1.29 is 14.2 Å². The number of ether oxygens (including phenoxy) is 1. The highest BCUT2D eigenvalue weighted by atomic mass is 19.1. The van der Waals surface area contributed by atoms with E-state index in [-0.39, 0.29) is 11.8 Å². The Balaban J connectivity index is 2.00. The zero-order valence-electron chi connectivity index (χ0n) is 12.3. The zero-order chi connectivity index (χ0) is 15.2. The number of hydrogen-bond donors (Lipinski definition) is 2. The van der Waals surface area contributed by atoms with Crippen molar-refractivity contribution in [1.82, 2.24) is 5.32 Å². The summed E-state index contributed by atoms with van der Waals surface area (Å²) in [5.41, 5.74) is 1.61. The van der Waals surface area contributed by atoms with Gasteiger partial charge in [0.05, 0.1) is 6.61 Å². The van der Waals surface area contributed by atoms with Crippen LogP contribution >= 0.6 is 0 Å². The molecule has 0 aliphatic rings. The normalized spacial score (nSPS) is 12.1. The Labute approximate surface area is 124 Å². The number of nitrogens with one attached hydrogen (secondary N) is 1. The van der Waals surface area contributed by atoms with Gasteiger partial charge in [-0.05, 0) is 37.6 Å². The molecule has 21 heavy (non-hydrogen) atoms. The van der Waals surface area contributed by atoms with E-state index in [1.165, 1.54) is 6.07 Å². The second-order valence-corrected chi connectivity index (χ2v) is 4.89. The Hall–Kier alpha value is -2.07. The molecule has 1 atom stereocenters. The molecule has 112 valence electrons. The van der Waals surface area contributed by atoms with Crippen molar-refractivity contribution in [2.45, 2.75) is 26.4 Å². The van der Waals surface area contributed by atoms with E-state index < -0.39 is 5.82 Å². The number of hydrogen-bond acceptors (Lipinski definition) is 3. The van der Waals surface area contributed by atoms with Crippen LogP contribution in [-0.4, -0.2) is 11.7 Å². The summed E-state index contributed by atoms with van der Waals surface area (Å²) in [6.07, 6.45) is 0. The van der Waals surface area contributed by atoms with Gasteiger partial charge in [0.25, 0.3) is 0 Å². The lowest BCUT2D eigenvalue weighted by atomic mass is 10.1. The fraction of sp³-hybridized carbons (Fsp3) is 0.294. The van der Waals surface area contributed by atoms with Gasteiger partial charge in [0, 0.05) is 24.2 Å². The Morgan fingerprint density at radius 1 is 1.24 bits per heavy atom. The summed E-state index contributed by atoms with van der Waals surface area (Å²) in [7, 11) is 0. The van der Waals surface area contributed by atoms with E-state index in [0.29, 0.717) is 18.7 Å². The molecule has 0 fully saturated rings. The molecule has 0 bridgehead atoms. The maximum atomic E-state index is 13.8. The van der Waals surface area contributed by atoms with Crippen LogP contribution in [0.25, 0.3) is 0 Å². The zero-order valence-corrected chi connectivity index (χ0v) is 12.3. The summed E-state index contributed by atoms with van der Waals surface area (Å²) in [6.45, 7) is 5.08. The summed E-state index contributed by atoms with van der Waals surface area (Å²) in [5.74, 6) is 0.367. The third kappa shape index (κ3) is 4.20. The molecular weight excluding hydrogens is 269 g/mol. The summed E-state index contributed by atoms with van der Waals surface area (Å²) < 4.78 is 19.2. The standard InChI is InChI=1S/C17H20FNO2/c1-3-21-15-6-4-5-13(9-15)11-19-12(2)16-8-7-14(20)10-17(16)18/h4-10,12,19-20H,3,11H2,1-2H3. The van der Waals surface area contributed by atoms with Gasteiger partial charge in [0.1, 0.15) is 17.3 Å². The van der Waals surface area contributed by atoms with Gasteiger partial charge in [0.15, 0.2) is 0 Å². The molecule has 1 unspecified atom stereocenters. The smallest absolute Gasteiger partial charge is 0.131 e. The first-order valence-electron chi connectivity index (χ1n) is 7.03. The first-order valence-corrected chi connectivity index (χ1v) is 7.03. The van der Waals surface area contributed by atoms with E-state index in [9.17, 15) is 9.50 Å². The molecule has 0 aromatic heterocycles. The Kier molecular flexibility index (Phi) is 5.17. The lowest BCUT2D eigenvalue weighted by Crippen LogP contribution is -2.19. The topological polar surface area (TPSA) is 41.5 Å². The molecule has 2 aromatic rings. The number of phenolic OH excluding ortho intramolecular Hbond substituents is 1.